The first kappa shape index (κ1) is 11.2. The molecule has 1 aromatic carbocycles. The number of hydrogen-bond acceptors (Lipinski definition) is 3. The van der Waals surface area contributed by atoms with Crippen LogP contribution >= 0.6 is 0 Å². The molecule has 1 aliphatic carbocycles. The van der Waals surface area contributed by atoms with Crippen molar-refractivity contribution in [2.45, 2.75) is 33.1 Å². The Morgan fingerprint density at radius 3 is 2.83 bits per heavy atom. The molecule has 0 saturated carbocycles. The molecule has 18 heavy (non-hydrogen) atoms. The predicted molar refractivity (Wildman–Crippen MR) is 73.4 cm³/mol. The van der Waals surface area contributed by atoms with E-state index in [0.29, 0.717) is 5.95 Å². The van der Waals surface area contributed by atoms with Crippen molar-refractivity contribution < 1.29 is 0 Å². The normalized spacial score (nSPS) is 13.7. The molecule has 0 aliphatic heterocycles. The first-order valence-corrected chi connectivity index (χ1v) is 6.37. The van der Waals surface area contributed by atoms with Gasteiger partial charge in [0.25, 0.3) is 0 Å². The minimum Gasteiger partial charge on any atom is -0.368 e. The third kappa shape index (κ3) is 1.76. The quantitative estimate of drug-likeness (QED) is 0.769. The van der Waals surface area contributed by atoms with Gasteiger partial charge in [0.2, 0.25) is 5.95 Å². The molecule has 3 rings (SSSR count). The van der Waals surface area contributed by atoms with Crippen molar-refractivity contribution in [2.24, 2.45) is 0 Å². The molecule has 2 N–H and O–H groups in total. The zero-order chi connectivity index (χ0) is 12.7. The second-order valence-electron chi connectivity index (χ2n) is 5.06. The summed E-state index contributed by atoms with van der Waals surface area (Å²) >= 11 is 0. The Kier molecular flexibility index (Phi) is 2.54. The molecule has 1 aliphatic rings. The number of rotatable bonds is 0. The molecule has 0 radical (unpaired) electrons. The highest BCUT2D eigenvalue weighted by Gasteiger charge is 2.18. The van der Waals surface area contributed by atoms with Gasteiger partial charge in [-0.3, -0.25) is 0 Å². The lowest BCUT2D eigenvalue weighted by molar-refractivity contribution is 0.825. The van der Waals surface area contributed by atoms with Crippen molar-refractivity contribution in [1.82, 2.24) is 9.97 Å². The summed E-state index contributed by atoms with van der Waals surface area (Å²) in [5.74, 6) is 0.362. The van der Waals surface area contributed by atoms with Crippen LogP contribution in [0.3, 0.4) is 0 Å². The largest absolute Gasteiger partial charge is 0.368 e. The van der Waals surface area contributed by atoms with Crippen LogP contribution in [0.5, 0.6) is 0 Å². The molecule has 1 aromatic heterocycles. The summed E-state index contributed by atoms with van der Waals surface area (Å²) in [6.45, 7) is 4.31. The van der Waals surface area contributed by atoms with Crippen LogP contribution < -0.4 is 5.73 Å². The summed E-state index contributed by atoms with van der Waals surface area (Å²) in [6.07, 6.45) is 5.17. The van der Waals surface area contributed by atoms with Crippen molar-refractivity contribution in [1.29, 1.82) is 0 Å². The lowest BCUT2D eigenvalue weighted by Gasteiger charge is -2.12. The third-order valence-electron chi connectivity index (χ3n) is 3.63. The van der Waals surface area contributed by atoms with Crippen molar-refractivity contribution in [3.05, 3.63) is 40.6 Å². The Morgan fingerprint density at radius 1 is 1.17 bits per heavy atom. The zero-order valence-corrected chi connectivity index (χ0v) is 10.8. The van der Waals surface area contributed by atoms with Gasteiger partial charge in [-0.1, -0.05) is 11.6 Å². The van der Waals surface area contributed by atoms with E-state index in [1.54, 1.807) is 0 Å². The Balaban J connectivity index is 2.32. The maximum atomic E-state index is 5.74. The zero-order valence-electron chi connectivity index (χ0n) is 10.8. The standard InChI is InChI=1S/C15H17N3/c1-9-6-10(2)12-5-3-4-11-8-17-15(16)18-14(11)13(12)7-9/h6-8H,3-5H2,1-2H3,(H2,16,17,18). The van der Waals surface area contributed by atoms with E-state index in [1.807, 2.05) is 6.20 Å². The fourth-order valence-corrected chi connectivity index (χ4v) is 2.83. The van der Waals surface area contributed by atoms with Gasteiger partial charge in [0, 0.05) is 11.8 Å². The van der Waals surface area contributed by atoms with E-state index < -0.39 is 0 Å². The minimum absolute atomic E-state index is 0.362. The average Bonchev–Trinajstić information content (AvgIpc) is 2.49. The Labute approximate surface area is 107 Å². The number of nitrogens with zero attached hydrogens (tertiary/aromatic N) is 2. The number of nitrogen functional groups attached to an aromatic ring is 1. The monoisotopic (exact) mass is 239 g/mol. The van der Waals surface area contributed by atoms with Crippen LogP contribution in [-0.4, -0.2) is 9.97 Å². The van der Waals surface area contributed by atoms with E-state index in [1.165, 1.54) is 27.8 Å². The molecule has 3 heteroatoms. The lowest BCUT2D eigenvalue weighted by Crippen LogP contribution is -2.00. The number of nitrogens with two attached hydrogens (primary N) is 1. The molecule has 0 bridgehead atoms. The molecule has 0 amide bonds. The van der Waals surface area contributed by atoms with Crippen molar-refractivity contribution in [3.63, 3.8) is 0 Å². The molecule has 0 atom stereocenters. The molecular formula is C15H17N3. The van der Waals surface area contributed by atoms with Gasteiger partial charge in [-0.25, -0.2) is 9.97 Å². The molecule has 3 nitrogen and oxygen atoms in total. The van der Waals surface area contributed by atoms with Crippen LogP contribution in [0.4, 0.5) is 5.95 Å². The Hall–Kier alpha value is -1.90. The van der Waals surface area contributed by atoms with Crippen molar-refractivity contribution >= 4 is 5.95 Å². The summed E-state index contributed by atoms with van der Waals surface area (Å²) in [7, 11) is 0. The van der Waals surface area contributed by atoms with Gasteiger partial charge >= 0.3 is 0 Å². The molecule has 2 aromatic rings. The molecule has 0 unspecified atom stereocenters. The Morgan fingerprint density at radius 2 is 2.00 bits per heavy atom. The molecule has 0 fully saturated rings. The van der Waals surface area contributed by atoms with Gasteiger partial charge in [0.1, 0.15) is 0 Å². The third-order valence-corrected chi connectivity index (χ3v) is 3.63. The number of benzene rings is 1. The average molecular weight is 239 g/mol. The number of aromatic nitrogens is 2. The topological polar surface area (TPSA) is 51.8 Å². The van der Waals surface area contributed by atoms with E-state index in [9.17, 15) is 0 Å². The van der Waals surface area contributed by atoms with Crippen molar-refractivity contribution in [3.8, 4) is 11.3 Å². The van der Waals surface area contributed by atoms with Crippen LogP contribution in [0.2, 0.25) is 0 Å². The van der Waals surface area contributed by atoms with E-state index in [-0.39, 0.29) is 0 Å². The van der Waals surface area contributed by atoms with E-state index in [2.05, 4.69) is 35.9 Å². The molecule has 1 heterocycles. The minimum atomic E-state index is 0.362. The summed E-state index contributed by atoms with van der Waals surface area (Å²) in [5, 5.41) is 0. The summed E-state index contributed by atoms with van der Waals surface area (Å²) in [6, 6.07) is 4.47. The van der Waals surface area contributed by atoms with E-state index in [0.717, 1.165) is 25.0 Å². The molecular weight excluding hydrogens is 222 g/mol. The maximum Gasteiger partial charge on any atom is 0.220 e. The van der Waals surface area contributed by atoms with Crippen LogP contribution in [0.15, 0.2) is 18.3 Å². The number of aryl methyl sites for hydroxylation is 3. The second-order valence-corrected chi connectivity index (χ2v) is 5.06. The second kappa shape index (κ2) is 4.09. The predicted octanol–water partition coefficient (Wildman–Crippen LogP) is 2.83. The van der Waals surface area contributed by atoms with Gasteiger partial charge in [0.05, 0.1) is 5.69 Å². The first-order chi connectivity index (χ1) is 8.65. The van der Waals surface area contributed by atoms with Crippen LogP contribution in [0, 0.1) is 13.8 Å². The number of hydrogen-bond donors (Lipinski definition) is 1. The van der Waals surface area contributed by atoms with Crippen LogP contribution in [0.25, 0.3) is 11.3 Å². The highest BCUT2D eigenvalue weighted by molar-refractivity contribution is 5.70. The van der Waals surface area contributed by atoms with Crippen LogP contribution in [0.1, 0.15) is 28.7 Å². The summed E-state index contributed by atoms with van der Waals surface area (Å²) in [4.78, 5) is 8.58. The van der Waals surface area contributed by atoms with Crippen LogP contribution in [-0.2, 0) is 12.8 Å². The summed E-state index contributed by atoms with van der Waals surface area (Å²) < 4.78 is 0. The summed E-state index contributed by atoms with van der Waals surface area (Å²) in [5.41, 5.74) is 13.3. The van der Waals surface area contributed by atoms with E-state index in [4.69, 9.17) is 5.73 Å². The SMILES string of the molecule is Cc1cc(C)c2c(c1)-c1nc(N)ncc1CCC2. The fraction of sp³-hybridized carbons (Fsp3) is 0.333. The smallest absolute Gasteiger partial charge is 0.220 e. The first-order valence-electron chi connectivity index (χ1n) is 6.37. The van der Waals surface area contributed by atoms with Gasteiger partial charge in [-0.05, 0) is 55.9 Å². The highest BCUT2D eigenvalue weighted by Crippen LogP contribution is 2.33. The maximum absolute atomic E-state index is 5.74. The van der Waals surface area contributed by atoms with Gasteiger partial charge in [0.15, 0.2) is 0 Å². The Bertz CT molecular complexity index is 617. The lowest BCUT2D eigenvalue weighted by atomic mass is 9.95. The number of anilines is 1. The van der Waals surface area contributed by atoms with Crippen molar-refractivity contribution in [2.75, 3.05) is 5.73 Å². The van der Waals surface area contributed by atoms with Gasteiger partial charge in [-0.15, -0.1) is 0 Å². The molecule has 92 valence electrons. The fourth-order valence-electron chi connectivity index (χ4n) is 2.83. The molecule has 0 spiro atoms. The number of fused-ring (bicyclic) bond motifs is 3. The van der Waals surface area contributed by atoms with E-state index >= 15 is 0 Å². The van der Waals surface area contributed by atoms with Gasteiger partial charge in [-0.2, -0.15) is 0 Å². The molecule has 0 saturated heterocycles. The van der Waals surface area contributed by atoms with Gasteiger partial charge < -0.3 is 5.73 Å². The highest BCUT2D eigenvalue weighted by atomic mass is 15.0.